The maximum atomic E-state index is 12.8. The number of anilines is 1. The number of aliphatic hydroxyl groups is 1. The lowest BCUT2D eigenvalue weighted by atomic mass is 10.0. The number of carbonyl (C=O) groups is 1. The van der Waals surface area contributed by atoms with Gasteiger partial charge in [-0.3, -0.25) is 0 Å². The van der Waals surface area contributed by atoms with Crippen LogP contribution in [0.5, 0.6) is 0 Å². The lowest BCUT2D eigenvalue weighted by molar-refractivity contribution is 0.0171. The maximum absolute atomic E-state index is 12.8. The van der Waals surface area contributed by atoms with Gasteiger partial charge in [0.25, 0.3) is 5.89 Å². The molecule has 1 aliphatic rings. The topological polar surface area (TPSA) is 91.5 Å². The lowest BCUT2D eigenvalue weighted by Gasteiger charge is -2.21. The predicted molar refractivity (Wildman–Crippen MR) is 100 cm³/mol. The molecule has 4 rings (SSSR count). The Morgan fingerprint density at radius 3 is 2.67 bits per heavy atom. The Hall–Kier alpha value is -3.19. The molecule has 0 spiro atoms. The van der Waals surface area contributed by atoms with Crippen LogP contribution in [0.3, 0.4) is 0 Å². The number of benzene rings is 2. The van der Waals surface area contributed by atoms with Crippen LogP contribution in [-0.2, 0) is 5.60 Å². The molecule has 2 heterocycles. The van der Waals surface area contributed by atoms with Crippen molar-refractivity contribution in [3.05, 3.63) is 66.3 Å². The lowest BCUT2D eigenvalue weighted by Crippen LogP contribution is -2.37. The first-order valence-corrected chi connectivity index (χ1v) is 8.79. The Labute approximate surface area is 156 Å². The van der Waals surface area contributed by atoms with E-state index in [1.165, 1.54) is 0 Å². The van der Waals surface area contributed by atoms with Gasteiger partial charge in [-0.1, -0.05) is 53.7 Å². The van der Waals surface area contributed by atoms with Gasteiger partial charge in [0.15, 0.2) is 11.4 Å². The zero-order valence-corrected chi connectivity index (χ0v) is 14.9. The van der Waals surface area contributed by atoms with E-state index in [0.29, 0.717) is 18.8 Å². The van der Waals surface area contributed by atoms with Gasteiger partial charge in [0.05, 0.1) is 12.2 Å². The van der Waals surface area contributed by atoms with Gasteiger partial charge < -0.3 is 19.8 Å². The molecule has 3 aromatic rings. The fraction of sp³-hybridized carbons (Fsp3) is 0.250. The van der Waals surface area contributed by atoms with Crippen LogP contribution in [0.4, 0.5) is 10.5 Å². The van der Waals surface area contributed by atoms with Crippen molar-refractivity contribution in [3.63, 3.8) is 0 Å². The minimum absolute atomic E-state index is 0.105. The van der Waals surface area contributed by atoms with Gasteiger partial charge in [-0.05, 0) is 18.6 Å². The normalized spacial score (nSPS) is 19.3. The standard InChI is InChI=1S/C20H20N4O3/c1-14-21-18(27-23-14)20(26)11-12-24(13-20)19(25)22-17-10-6-5-9-16(17)15-7-3-2-4-8-15/h2-10,26H,11-13H2,1H3,(H,22,25)/t20-/m0/s1. The van der Waals surface area contributed by atoms with Crippen molar-refractivity contribution in [1.82, 2.24) is 15.0 Å². The molecule has 7 heteroatoms. The number of β-amino-alcohol motifs (C(OH)–C–C–N with tert-alkyl or cyclic N) is 1. The number of hydrogen-bond donors (Lipinski definition) is 2. The third-order valence-corrected chi connectivity index (χ3v) is 4.71. The monoisotopic (exact) mass is 364 g/mol. The van der Waals surface area contributed by atoms with Gasteiger partial charge >= 0.3 is 6.03 Å². The molecule has 2 aromatic carbocycles. The summed E-state index contributed by atoms with van der Waals surface area (Å²) < 4.78 is 5.11. The molecule has 138 valence electrons. The number of amides is 2. The molecule has 2 amide bonds. The molecule has 1 fully saturated rings. The van der Waals surface area contributed by atoms with Crippen LogP contribution in [-0.4, -0.2) is 39.3 Å². The number of nitrogens with zero attached hydrogens (tertiary/aromatic N) is 3. The molecule has 2 N–H and O–H groups in total. The van der Waals surface area contributed by atoms with Gasteiger partial charge in [-0.2, -0.15) is 4.98 Å². The summed E-state index contributed by atoms with van der Waals surface area (Å²) >= 11 is 0. The van der Waals surface area contributed by atoms with Crippen LogP contribution in [0, 0.1) is 6.92 Å². The van der Waals surface area contributed by atoms with E-state index in [9.17, 15) is 9.90 Å². The Morgan fingerprint density at radius 2 is 1.93 bits per heavy atom. The molecule has 7 nitrogen and oxygen atoms in total. The molecule has 0 unspecified atom stereocenters. The van der Waals surface area contributed by atoms with E-state index in [-0.39, 0.29) is 18.5 Å². The van der Waals surface area contributed by atoms with Crippen LogP contribution >= 0.6 is 0 Å². The van der Waals surface area contributed by atoms with Crippen molar-refractivity contribution in [3.8, 4) is 11.1 Å². The number of aromatic nitrogens is 2. The molecule has 1 aromatic heterocycles. The smallest absolute Gasteiger partial charge is 0.321 e. The second-order valence-electron chi connectivity index (χ2n) is 6.69. The molecule has 0 aliphatic carbocycles. The average Bonchev–Trinajstić information content (AvgIpc) is 3.30. The highest BCUT2D eigenvalue weighted by Gasteiger charge is 2.44. The quantitative estimate of drug-likeness (QED) is 0.745. The van der Waals surface area contributed by atoms with E-state index < -0.39 is 5.60 Å². The molecule has 1 saturated heterocycles. The fourth-order valence-corrected chi connectivity index (χ4v) is 3.28. The van der Waals surface area contributed by atoms with Crippen LogP contribution in [0.1, 0.15) is 18.1 Å². The first-order chi connectivity index (χ1) is 13.0. The van der Waals surface area contributed by atoms with Crippen LogP contribution in [0.25, 0.3) is 11.1 Å². The third kappa shape index (κ3) is 3.41. The summed E-state index contributed by atoms with van der Waals surface area (Å²) in [4.78, 5) is 18.4. The van der Waals surface area contributed by atoms with Crippen LogP contribution in [0.2, 0.25) is 0 Å². The first kappa shape index (κ1) is 17.2. The number of urea groups is 1. The Morgan fingerprint density at radius 1 is 1.19 bits per heavy atom. The molecular formula is C20H20N4O3. The summed E-state index contributed by atoms with van der Waals surface area (Å²) in [5, 5.41) is 17.5. The minimum atomic E-state index is -1.31. The molecule has 1 aliphatic heterocycles. The zero-order chi connectivity index (χ0) is 18.9. The summed E-state index contributed by atoms with van der Waals surface area (Å²) in [5.74, 6) is 0.609. The van der Waals surface area contributed by atoms with Crippen molar-refractivity contribution in [2.24, 2.45) is 0 Å². The molecule has 0 saturated carbocycles. The first-order valence-electron chi connectivity index (χ1n) is 8.79. The second-order valence-corrected chi connectivity index (χ2v) is 6.69. The maximum Gasteiger partial charge on any atom is 0.321 e. The zero-order valence-electron chi connectivity index (χ0n) is 14.9. The van der Waals surface area contributed by atoms with E-state index in [4.69, 9.17) is 4.52 Å². The Kier molecular flexibility index (Phi) is 4.37. The van der Waals surface area contributed by atoms with E-state index in [1.54, 1.807) is 11.8 Å². The van der Waals surface area contributed by atoms with Crippen LogP contribution in [0.15, 0.2) is 59.1 Å². The highest BCUT2D eigenvalue weighted by atomic mass is 16.5. The number of rotatable bonds is 3. The van der Waals surface area contributed by atoms with E-state index >= 15 is 0 Å². The SMILES string of the molecule is Cc1noc([C@]2(O)CCN(C(=O)Nc3ccccc3-c3ccccc3)C2)n1. The number of carbonyl (C=O) groups excluding carboxylic acids is 1. The van der Waals surface area contributed by atoms with Gasteiger partial charge in [-0.25, -0.2) is 4.79 Å². The van der Waals surface area contributed by atoms with E-state index in [1.807, 2.05) is 54.6 Å². The Bertz CT molecular complexity index is 957. The number of aryl methyl sites for hydroxylation is 1. The number of nitrogens with one attached hydrogen (secondary N) is 1. The van der Waals surface area contributed by atoms with Gasteiger partial charge in [0.1, 0.15) is 0 Å². The Balaban J connectivity index is 1.51. The molecule has 0 radical (unpaired) electrons. The van der Waals surface area contributed by atoms with Crippen molar-refractivity contribution in [2.45, 2.75) is 18.9 Å². The number of hydrogen-bond acceptors (Lipinski definition) is 5. The van der Waals surface area contributed by atoms with Crippen LogP contribution < -0.4 is 5.32 Å². The van der Waals surface area contributed by atoms with E-state index in [0.717, 1.165) is 16.8 Å². The highest BCUT2D eigenvalue weighted by molar-refractivity contribution is 5.94. The average molecular weight is 364 g/mol. The second kappa shape index (κ2) is 6.85. The summed E-state index contributed by atoms with van der Waals surface area (Å²) in [6.45, 7) is 2.20. The van der Waals surface area contributed by atoms with Gasteiger partial charge in [0.2, 0.25) is 0 Å². The van der Waals surface area contributed by atoms with Crippen molar-refractivity contribution in [2.75, 3.05) is 18.4 Å². The van der Waals surface area contributed by atoms with Crippen molar-refractivity contribution >= 4 is 11.7 Å². The summed E-state index contributed by atoms with van der Waals surface area (Å²) in [6.07, 6.45) is 0.350. The summed E-state index contributed by atoms with van der Waals surface area (Å²) in [7, 11) is 0. The van der Waals surface area contributed by atoms with Crippen molar-refractivity contribution in [1.29, 1.82) is 0 Å². The third-order valence-electron chi connectivity index (χ3n) is 4.71. The molecule has 1 atom stereocenters. The van der Waals surface area contributed by atoms with Gasteiger partial charge in [-0.15, -0.1) is 0 Å². The molecule has 27 heavy (non-hydrogen) atoms. The minimum Gasteiger partial charge on any atom is -0.378 e. The number of likely N-dealkylation sites (tertiary alicyclic amines) is 1. The predicted octanol–water partition coefficient (Wildman–Crippen LogP) is 3.17. The van der Waals surface area contributed by atoms with E-state index in [2.05, 4.69) is 15.5 Å². The van der Waals surface area contributed by atoms with Crippen molar-refractivity contribution < 1.29 is 14.4 Å². The van der Waals surface area contributed by atoms with Gasteiger partial charge in [0, 0.05) is 18.5 Å². The largest absolute Gasteiger partial charge is 0.378 e. The molecule has 0 bridgehead atoms. The fourth-order valence-electron chi connectivity index (χ4n) is 3.28. The number of para-hydroxylation sites is 1. The summed E-state index contributed by atoms with van der Waals surface area (Å²) in [5.41, 5.74) is 1.37. The summed E-state index contributed by atoms with van der Waals surface area (Å²) in [6, 6.07) is 17.2. The molecular weight excluding hydrogens is 344 g/mol. The highest BCUT2D eigenvalue weighted by Crippen LogP contribution is 2.32.